The molecule has 0 heterocycles. The molecule has 2 aromatic rings. The number of benzene rings is 2. The summed E-state index contributed by atoms with van der Waals surface area (Å²) in [4.78, 5) is 12.2. The second-order valence-corrected chi connectivity index (χ2v) is 5.21. The molecule has 1 amide bonds. The number of rotatable bonds is 9. The van der Waals surface area contributed by atoms with Crippen molar-refractivity contribution in [2.24, 2.45) is 0 Å². The molecule has 0 spiro atoms. The van der Waals surface area contributed by atoms with Gasteiger partial charge >= 0.3 is 0 Å². The van der Waals surface area contributed by atoms with Crippen molar-refractivity contribution in [3.63, 3.8) is 0 Å². The van der Waals surface area contributed by atoms with Crippen molar-refractivity contribution in [1.82, 2.24) is 0 Å². The zero-order valence-electron chi connectivity index (χ0n) is 15.3. The Balaban J connectivity index is 1.97. The molecule has 7 nitrogen and oxygen atoms in total. The predicted octanol–water partition coefficient (Wildman–Crippen LogP) is 3.13. The van der Waals surface area contributed by atoms with E-state index >= 15 is 0 Å². The number of anilines is 1. The summed E-state index contributed by atoms with van der Waals surface area (Å²) in [6, 6.07) is 10.6. The highest BCUT2D eigenvalue weighted by Crippen LogP contribution is 2.39. The van der Waals surface area contributed by atoms with Crippen LogP contribution in [0.3, 0.4) is 0 Å². The molecule has 1 N–H and O–H groups in total. The lowest BCUT2D eigenvalue weighted by Crippen LogP contribution is -2.15. The van der Waals surface area contributed by atoms with Crippen molar-refractivity contribution < 1.29 is 28.5 Å². The third kappa shape index (κ3) is 4.72. The molecular weight excluding hydrogens is 338 g/mol. The fraction of sp³-hybridized carbons (Fsp3) is 0.316. The van der Waals surface area contributed by atoms with Crippen LogP contribution < -0.4 is 29.0 Å². The standard InChI is InChI=1S/C19H23NO6/c1-22-14-7-5-6-8-15(14)26-10-9-18(21)20-13-11-16(23-2)19(25-4)17(12-13)24-3/h5-8,11-12H,9-10H2,1-4H3,(H,20,21). The Kier molecular flexibility index (Phi) is 6.96. The molecule has 0 unspecified atom stereocenters. The van der Waals surface area contributed by atoms with Crippen molar-refractivity contribution in [1.29, 1.82) is 0 Å². The minimum Gasteiger partial charge on any atom is -0.493 e. The van der Waals surface area contributed by atoms with Crippen LogP contribution in [0.15, 0.2) is 36.4 Å². The number of amides is 1. The van der Waals surface area contributed by atoms with Gasteiger partial charge in [-0.3, -0.25) is 4.79 Å². The van der Waals surface area contributed by atoms with E-state index in [9.17, 15) is 4.79 Å². The van der Waals surface area contributed by atoms with Crippen LogP contribution in [-0.2, 0) is 4.79 Å². The molecule has 2 rings (SSSR count). The first-order valence-corrected chi connectivity index (χ1v) is 7.98. The average Bonchev–Trinajstić information content (AvgIpc) is 2.67. The van der Waals surface area contributed by atoms with E-state index < -0.39 is 0 Å². The van der Waals surface area contributed by atoms with Gasteiger partial charge in [0.1, 0.15) is 0 Å². The molecule has 2 aromatic carbocycles. The van der Waals surface area contributed by atoms with E-state index in [2.05, 4.69) is 5.32 Å². The maximum atomic E-state index is 12.2. The van der Waals surface area contributed by atoms with Gasteiger partial charge in [0.25, 0.3) is 0 Å². The number of carbonyl (C=O) groups is 1. The summed E-state index contributed by atoms with van der Waals surface area (Å²) in [6.07, 6.45) is 0.175. The van der Waals surface area contributed by atoms with Gasteiger partial charge < -0.3 is 29.0 Å². The van der Waals surface area contributed by atoms with Gasteiger partial charge in [0.05, 0.1) is 41.5 Å². The van der Waals surface area contributed by atoms with Gasteiger partial charge in [-0.05, 0) is 12.1 Å². The fourth-order valence-corrected chi connectivity index (χ4v) is 2.37. The summed E-state index contributed by atoms with van der Waals surface area (Å²) >= 11 is 0. The minimum atomic E-state index is -0.200. The maximum absolute atomic E-state index is 12.2. The Morgan fingerprint density at radius 2 is 1.42 bits per heavy atom. The molecule has 26 heavy (non-hydrogen) atoms. The van der Waals surface area contributed by atoms with Crippen LogP contribution in [0.4, 0.5) is 5.69 Å². The maximum Gasteiger partial charge on any atom is 0.227 e. The first kappa shape index (κ1) is 19.2. The van der Waals surface area contributed by atoms with E-state index in [1.165, 1.54) is 21.3 Å². The topological polar surface area (TPSA) is 75.3 Å². The highest BCUT2D eigenvalue weighted by Gasteiger charge is 2.14. The molecule has 7 heteroatoms. The lowest BCUT2D eigenvalue weighted by Gasteiger charge is -2.15. The van der Waals surface area contributed by atoms with Crippen LogP contribution in [0.5, 0.6) is 28.7 Å². The van der Waals surface area contributed by atoms with Gasteiger partial charge in [-0.2, -0.15) is 0 Å². The Hall–Kier alpha value is -3.09. The molecule has 0 aromatic heterocycles. The van der Waals surface area contributed by atoms with Crippen LogP contribution >= 0.6 is 0 Å². The lowest BCUT2D eigenvalue weighted by atomic mass is 10.2. The number of methoxy groups -OCH3 is 4. The SMILES string of the molecule is COc1ccccc1OCCC(=O)Nc1cc(OC)c(OC)c(OC)c1. The molecule has 0 aliphatic carbocycles. The summed E-state index contributed by atoms with van der Waals surface area (Å²) in [5.41, 5.74) is 0.543. The van der Waals surface area contributed by atoms with Crippen LogP contribution in [-0.4, -0.2) is 41.0 Å². The quantitative estimate of drug-likeness (QED) is 0.740. The molecule has 0 saturated heterocycles. The second-order valence-electron chi connectivity index (χ2n) is 5.21. The summed E-state index contributed by atoms with van der Waals surface area (Å²) in [5.74, 6) is 2.41. The molecule has 0 radical (unpaired) electrons. The van der Waals surface area contributed by atoms with Crippen molar-refractivity contribution >= 4 is 11.6 Å². The first-order valence-electron chi connectivity index (χ1n) is 7.98. The molecule has 0 saturated carbocycles. The van der Waals surface area contributed by atoms with Gasteiger partial charge in [-0.15, -0.1) is 0 Å². The van der Waals surface area contributed by atoms with Gasteiger partial charge in [0, 0.05) is 17.8 Å². The van der Waals surface area contributed by atoms with E-state index in [1.807, 2.05) is 12.1 Å². The third-order valence-corrected chi connectivity index (χ3v) is 3.60. The second kappa shape index (κ2) is 9.41. The normalized spacial score (nSPS) is 10.0. The zero-order valence-corrected chi connectivity index (χ0v) is 15.3. The van der Waals surface area contributed by atoms with Gasteiger partial charge in [-0.1, -0.05) is 12.1 Å². The largest absolute Gasteiger partial charge is 0.493 e. The monoisotopic (exact) mass is 361 g/mol. The summed E-state index contributed by atoms with van der Waals surface area (Å²) in [6.45, 7) is 0.219. The van der Waals surface area contributed by atoms with Gasteiger partial charge in [-0.25, -0.2) is 0 Å². The molecule has 0 aliphatic rings. The smallest absolute Gasteiger partial charge is 0.227 e. The van der Waals surface area contributed by atoms with E-state index in [4.69, 9.17) is 23.7 Å². The fourth-order valence-electron chi connectivity index (χ4n) is 2.37. The Labute approximate surface area is 152 Å². The van der Waals surface area contributed by atoms with E-state index in [1.54, 1.807) is 31.4 Å². The number of hydrogen-bond donors (Lipinski definition) is 1. The Bertz CT molecular complexity index is 722. The van der Waals surface area contributed by atoms with Crippen molar-refractivity contribution in [2.75, 3.05) is 40.4 Å². The van der Waals surface area contributed by atoms with Crippen molar-refractivity contribution in [3.05, 3.63) is 36.4 Å². The first-order chi connectivity index (χ1) is 12.6. The van der Waals surface area contributed by atoms with E-state index in [-0.39, 0.29) is 18.9 Å². The Morgan fingerprint density at radius 1 is 0.846 bits per heavy atom. The zero-order chi connectivity index (χ0) is 18.9. The summed E-state index contributed by atoms with van der Waals surface area (Å²) in [7, 11) is 6.13. The van der Waals surface area contributed by atoms with Crippen LogP contribution in [0.25, 0.3) is 0 Å². The van der Waals surface area contributed by atoms with E-state index in [0.717, 1.165) is 0 Å². The number of carbonyl (C=O) groups excluding carboxylic acids is 1. The number of nitrogens with one attached hydrogen (secondary N) is 1. The summed E-state index contributed by atoms with van der Waals surface area (Å²) < 4.78 is 26.6. The van der Waals surface area contributed by atoms with Crippen molar-refractivity contribution in [2.45, 2.75) is 6.42 Å². The highest BCUT2D eigenvalue weighted by molar-refractivity contribution is 5.91. The molecule has 0 aliphatic heterocycles. The van der Waals surface area contributed by atoms with Crippen LogP contribution in [0, 0.1) is 0 Å². The minimum absolute atomic E-state index is 0.175. The highest BCUT2D eigenvalue weighted by atomic mass is 16.5. The third-order valence-electron chi connectivity index (χ3n) is 3.60. The molecular formula is C19H23NO6. The van der Waals surface area contributed by atoms with Crippen LogP contribution in [0.2, 0.25) is 0 Å². The summed E-state index contributed by atoms with van der Waals surface area (Å²) in [5, 5.41) is 2.79. The molecule has 0 fully saturated rings. The predicted molar refractivity (Wildman–Crippen MR) is 97.8 cm³/mol. The lowest BCUT2D eigenvalue weighted by molar-refractivity contribution is -0.116. The van der Waals surface area contributed by atoms with Crippen molar-refractivity contribution in [3.8, 4) is 28.7 Å². The molecule has 0 atom stereocenters. The number of para-hydroxylation sites is 2. The molecule has 0 bridgehead atoms. The number of ether oxygens (including phenoxy) is 5. The number of hydrogen-bond acceptors (Lipinski definition) is 6. The van der Waals surface area contributed by atoms with Gasteiger partial charge in [0.2, 0.25) is 11.7 Å². The average molecular weight is 361 g/mol. The molecule has 140 valence electrons. The van der Waals surface area contributed by atoms with Gasteiger partial charge in [0.15, 0.2) is 23.0 Å². The Morgan fingerprint density at radius 3 is 1.96 bits per heavy atom. The van der Waals surface area contributed by atoms with Crippen LogP contribution in [0.1, 0.15) is 6.42 Å². The van der Waals surface area contributed by atoms with E-state index in [0.29, 0.717) is 34.4 Å².